The van der Waals surface area contributed by atoms with Gasteiger partial charge in [0.15, 0.2) is 0 Å². The van der Waals surface area contributed by atoms with Crippen molar-refractivity contribution < 1.29 is 19.4 Å². The first-order chi connectivity index (χ1) is 14.1. The van der Waals surface area contributed by atoms with Gasteiger partial charge in [0, 0.05) is 38.2 Å². The lowest BCUT2D eigenvalue weighted by molar-refractivity contribution is -0.149. The van der Waals surface area contributed by atoms with Crippen molar-refractivity contribution in [1.82, 2.24) is 9.80 Å². The highest BCUT2D eigenvalue weighted by molar-refractivity contribution is 5.85. The molecule has 0 aliphatic carbocycles. The smallest absolute Gasteiger partial charge is 0.228 e. The van der Waals surface area contributed by atoms with Crippen molar-refractivity contribution in [2.75, 3.05) is 33.4 Å². The highest BCUT2D eigenvalue weighted by atomic mass is 16.5. The number of likely N-dealkylation sites (tertiary alicyclic amines) is 2. The van der Waals surface area contributed by atoms with Gasteiger partial charge in [-0.25, -0.2) is 0 Å². The summed E-state index contributed by atoms with van der Waals surface area (Å²) < 4.78 is 5.60. The Kier molecular flexibility index (Phi) is 7.53. The van der Waals surface area contributed by atoms with E-state index in [1.54, 1.807) is 7.11 Å². The molecule has 2 heterocycles. The molecule has 2 amide bonds. The van der Waals surface area contributed by atoms with Crippen molar-refractivity contribution in [1.29, 1.82) is 0 Å². The van der Waals surface area contributed by atoms with E-state index in [1.165, 1.54) is 0 Å². The summed E-state index contributed by atoms with van der Waals surface area (Å²) in [5, 5.41) is 9.57. The fourth-order valence-corrected chi connectivity index (χ4v) is 4.75. The van der Waals surface area contributed by atoms with Crippen molar-refractivity contribution in [2.45, 2.75) is 51.5 Å². The van der Waals surface area contributed by atoms with Crippen molar-refractivity contribution in [3.63, 3.8) is 0 Å². The maximum Gasteiger partial charge on any atom is 0.228 e. The monoisotopic (exact) mass is 402 g/mol. The molecule has 160 valence electrons. The van der Waals surface area contributed by atoms with Crippen molar-refractivity contribution in [3.8, 4) is 5.75 Å². The summed E-state index contributed by atoms with van der Waals surface area (Å²) >= 11 is 0. The lowest BCUT2D eigenvalue weighted by Crippen LogP contribution is -2.51. The molecule has 0 radical (unpaired) electrons. The second-order valence-electron chi connectivity index (χ2n) is 8.25. The number of aliphatic hydroxyl groups is 1. The lowest BCUT2D eigenvalue weighted by atomic mass is 9.82. The fraction of sp³-hybridized carbons (Fsp3) is 0.652. The third-order valence-corrected chi connectivity index (χ3v) is 6.32. The zero-order valence-electron chi connectivity index (χ0n) is 17.7. The number of para-hydroxylation sites is 1. The van der Waals surface area contributed by atoms with E-state index in [9.17, 15) is 14.7 Å². The highest BCUT2D eigenvalue weighted by Gasteiger charge is 2.43. The van der Waals surface area contributed by atoms with Crippen molar-refractivity contribution in [3.05, 3.63) is 29.8 Å². The molecular formula is C23H34N2O4. The third-order valence-electron chi connectivity index (χ3n) is 6.32. The molecule has 3 unspecified atom stereocenters. The quantitative estimate of drug-likeness (QED) is 0.761. The number of methoxy groups -OCH3 is 1. The van der Waals surface area contributed by atoms with Gasteiger partial charge in [-0.2, -0.15) is 0 Å². The molecule has 3 rings (SSSR count). The number of rotatable bonds is 7. The minimum absolute atomic E-state index is 0.105. The lowest BCUT2D eigenvalue weighted by Gasteiger charge is -2.44. The Labute approximate surface area is 173 Å². The van der Waals surface area contributed by atoms with Gasteiger partial charge in [-0.3, -0.25) is 9.59 Å². The number of ether oxygens (including phenoxy) is 1. The Morgan fingerprint density at radius 2 is 2.07 bits per heavy atom. The molecule has 0 spiro atoms. The second-order valence-corrected chi connectivity index (χ2v) is 8.25. The average Bonchev–Trinajstić information content (AvgIpc) is 2.77. The van der Waals surface area contributed by atoms with Crippen LogP contribution in [0.1, 0.15) is 57.1 Å². The average molecular weight is 403 g/mol. The van der Waals surface area contributed by atoms with E-state index in [-0.39, 0.29) is 36.3 Å². The van der Waals surface area contributed by atoms with Crippen LogP contribution in [0.15, 0.2) is 24.3 Å². The van der Waals surface area contributed by atoms with Gasteiger partial charge in [0.25, 0.3) is 0 Å². The number of amides is 2. The van der Waals surface area contributed by atoms with E-state index in [0.717, 1.165) is 43.5 Å². The van der Waals surface area contributed by atoms with Crippen LogP contribution in [-0.2, 0) is 9.59 Å². The van der Waals surface area contributed by atoms with Gasteiger partial charge in [-0.1, -0.05) is 31.5 Å². The molecule has 1 N–H and O–H groups in total. The predicted molar refractivity (Wildman–Crippen MR) is 111 cm³/mol. The topological polar surface area (TPSA) is 70.1 Å². The summed E-state index contributed by atoms with van der Waals surface area (Å²) in [5.74, 6) is 0.814. The van der Waals surface area contributed by atoms with Crippen LogP contribution in [0.5, 0.6) is 5.75 Å². The Morgan fingerprint density at radius 3 is 2.79 bits per heavy atom. The molecule has 2 saturated heterocycles. The van der Waals surface area contributed by atoms with E-state index in [1.807, 2.05) is 34.1 Å². The number of piperidine rings is 2. The first kappa shape index (κ1) is 21.6. The third kappa shape index (κ3) is 4.74. The molecule has 0 aromatic heterocycles. The number of carbonyl (C=O) groups excluding carboxylic acids is 2. The standard InChI is InChI=1S/C23H34N2O4/c1-3-4-14-25-21(27)12-11-19(22(25)18-9-5-6-10-20(18)29-2)23(28)24-13-7-8-17(15-24)16-26/h5-6,9-10,17,19,22,26H,3-4,7-8,11-16H2,1-2H3. The zero-order valence-corrected chi connectivity index (χ0v) is 17.7. The molecule has 2 fully saturated rings. The molecule has 0 bridgehead atoms. The van der Waals surface area contributed by atoms with E-state index in [0.29, 0.717) is 25.9 Å². The summed E-state index contributed by atoms with van der Waals surface area (Å²) in [7, 11) is 1.63. The molecule has 6 heteroatoms. The molecule has 2 aliphatic heterocycles. The molecule has 3 atom stereocenters. The van der Waals surface area contributed by atoms with E-state index in [4.69, 9.17) is 4.74 Å². The van der Waals surface area contributed by atoms with E-state index < -0.39 is 0 Å². The van der Waals surface area contributed by atoms with Crippen LogP contribution in [-0.4, -0.2) is 60.1 Å². The largest absolute Gasteiger partial charge is 0.496 e. The maximum absolute atomic E-state index is 13.6. The summed E-state index contributed by atoms with van der Waals surface area (Å²) in [4.78, 5) is 30.3. The van der Waals surface area contributed by atoms with Gasteiger partial charge in [-0.15, -0.1) is 0 Å². The minimum Gasteiger partial charge on any atom is -0.496 e. The van der Waals surface area contributed by atoms with Crippen LogP contribution in [0, 0.1) is 11.8 Å². The van der Waals surface area contributed by atoms with Gasteiger partial charge < -0.3 is 19.6 Å². The van der Waals surface area contributed by atoms with Gasteiger partial charge in [0.05, 0.1) is 19.1 Å². The SMILES string of the molecule is CCCCN1C(=O)CCC(C(=O)N2CCCC(CO)C2)C1c1ccccc1OC. The Hall–Kier alpha value is -2.08. The van der Waals surface area contributed by atoms with Gasteiger partial charge in [0.2, 0.25) is 11.8 Å². The summed E-state index contributed by atoms with van der Waals surface area (Å²) in [5.41, 5.74) is 0.910. The van der Waals surface area contributed by atoms with E-state index >= 15 is 0 Å². The number of unbranched alkanes of at least 4 members (excludes halogenated alkanes) is 1. The number of aliphatic hydroxyl groups excluding tert-OH is 1. The van der Waals surface area contributed by atoms with Gasteiger partial charge >= 0.3 is 0 Å². The molecule has 29 heavy (non-hydrogen) atoms. The Morgan fingerprint density at radius 1 is 1.28 bits per heavy atom. The molecule has 1 aromatic carbocycles. The summed E-state index contributed by atoms with van der Waals surface area (Å²) in [6.07, 6.45) is 4.75. The fourth-order valence-electron chi connectivity index (χ4n) is 4.75. The predicted octanol–water partition coefficient (Wildman–Crippen LogP) is 3.01. The van der Waals surface area contributed by atoms with Crippen LogP contribution in [0.3, 0.4) is 0 Å². The van der Waals surface area contributed by atoms with Crippen molar-refractivity contribution >= 4 is 11.8 Å². The zero-order chi connectivity index (χ0) is 20.8. The molecule has 0 saturated carbocycles. The molecular weight excluding hydrogens is 368 g/mol. The number of benzene rings is 1. The van der Waals surface area contributed by atoms with Crippen LogP contribution < -0.4 is 4.74 Å². The highest BCUT2D eigenvalue weighted by Crippen LogP contribution is 2.42. The summed E-state index contributed by atoms with van der Waals surface area (Å²) in [6, 6.07) is 7.43. The van der Waals surface area contributed by atoms with Crippen LogP contribution in [0.4, 0.5) is 0 Å². The minimum atomic E-state index is -0.305. The molecule has 1 aromatic rings. The van der Waals surface area contributed by atoms with E-state index in [2.05, 4.69) is 6.92 Å². The molecule has 2 aliphatic rings. The second kappa shape index (κ2) is 10.1. The normalized spacial score (nSPS) is 25.2. The number of carbonyl (C=O) groups is 2. The van der Waals surface area contributed by atoms with Gasteiger partial charge in [0.1, 0.15) is 5.75 Å². The summed E-state index contributed by atoms with van der Waals surface area (Å²) in [6.45, 7) is 4.21. The maximum atomic E-state index is 13.6. The van der Waals surface area contributed by atoms with Crippen LogP contribution >= 0.6 is 0 Å². The Bertz CT molecular complexity index is 708. The number of hydrogen-bond acceptors (Lipinski definition) is 4. The number of nitrogens with zero attached hydrogens (tertiary/aromatic N) is 2. The first-order valence-corrected chi connectivity index (χ1v) is 10.9. The molecule has 6 nitrogen and oxygen atoms in total. The van der Waals surface area contributed by atoms with Crippen molar-refractivity contribution in [2.24, 2.45) is 11.8 Å². The van der Waals surface area contributed by atoms with Gasteiger partial charge in [-0.05, 0) is 37.7 Å². The van der Waals surface area contributed by atoms with Crippen LogP contribution in [0.2, 0.25) is 0 Å². The first-order valence-electron chi connectivity index (χ1n) is 10.9. The number of hydrogen-bond donors (Lipinski definition) is 1. The Balaban J connectivity index is 1.94. The van der Waals surface area contributed by atoms with Crippen LogP contribution in [0.25, 0.3) is 0 Å².